The van der Waals surface area contributed by atoms with E-state index in [0.29, 0.717) is 17.2 Å². The van der Waals surface area contributed by atoms with Crippen LogP contribution < -0.4 is 14.4 Å². The average molecular weight is 471 g/mol. The van der Waals surface area contributed by atoms with Gasteiger partial charge in [0.2, 0.25) is 11.8 Å². The van der Waals surface area contributed by atoms with Crippen LogP contribution in [0.25, 0.3) is 0 Å². The number of fused-ring (bicyclic) bond motifs is 8. The van der Waals surface area contributed by atoms with Crippen molar-refractivity contribution in [3.05, 3.63) is 54.1 Å². The quantitative estimate of drug-likeness (QED) is 0.374. The number of nitriles is 1. The van der Waals surface area contributed by atoms with Crippen molar-refractivity contribution >= 4 is 29.2 Å². The van der Waals surface area contributed by atoms with Gasteiger partial charge < -0.3 is 14.3 Å². The fraction of sp³-hybridized carbons (Fsp3) is 0.346. The molecule has 176 valence electrons. The first-order chi connectivity index (χ1) is 17.0. The number of benzene rings is 2. The van der Waals surface area contributed by atoms with Crippen molar-refractivity contribution in [3.63, 3.8) is 0 Å². The van der Waals surface area contributed by atoms with E-state index in [1.165, 1.54) is 11.8 Å². The Balaban J connectivity index is 1.24. The summed E-state index contributed by atoms with van der Waals surface area (Å²) in [6.45, 7) is 1.28. The highest BCUT2D eigenvalue weighted by atomic mass is 16.6. The molecular formula is C26H21N3O6. The number of carbonyl (C=O) groups excluding carboxylic acids is 3. The molecular weight excluding hydrogens is 450 g/mol. The summed E-state index contributed by atoms with van der Waals surface area (Å²) in [4.78, 5) is 45.2. The molecule has 2 bridgehead atoms. The van der Waals surface area contributed by atoms with Gasteiger partial charge in [0.05, 0.1) is 23.2 Å². The van der Waals surface area contributed by atoms with Crippen LogP contribution in [0.4, 0.5) is 5.69 Å². The number of ether oxygens (including phenoxy) is 2. The third kappa shape index (κ3) is 3.21. The van der Waals surface area contributed by atoms with Gasteiger partial charge in [-0.25, -0.2) is 0 Å². The third-order valence-corrected chi connectivity index (χ3v) is 7.50. The largest absolute Gasteiger partial charge is 0.479 e. The molecule has 2 aliphatic heterocycles. The Bertz CT molecular complexity index is 1300. The molecule has 0 N–H and O–H groups in total. The van der Waals surface area contributed by atoms with E-state index in [4.69, 9.17) is 19.6 Å². The molecule has 9 heteroatoms. The second kappa shape index (κ2) is 7.94. The molecule has 9 nitrogen and oxygen atoms in total. The van der Waals surface area contributed by atoms with Crippen LogP contribution in [0.15, 0.2) is 53.7 Å². The number of imide groups is 1. The van der Waals surface area contributed by atoms with Gasteiger partial charge in [0.15, 0.2) is 6.61 Å². The van der Waals surface area contributed by atoms with E-state index in [0.717, 1.165) is 17.7 Å². The average Bonchev–Trinajstić information content (AvgIpc) is 3.59. The number of esters is 1. The summed E-state index contributed by atoms with van der Waals surface area (Å²) in [7, 11) is 0. The summed E-state index contributed by atoms with van der Waals surface area (Å²) >= 11 is 0. The Morgan fingerprint density at radius 1 is 1.03 bits per heavy atom. The van der Waals surface area contributed by atoms with Gasteiger partial charge in [-0.1, -0.05) is 5.16 Å². The van der Waals surface area contributed by atoms with E-state index in [9.17, 15) is 14.4 Å². The van der Waals surface area contributed by atoms with Crippen LogP contribution in [0, 0.1) is 40.9 Å². The summed E-state index contributed by atoms with van der Waals surface area (Å²) in [6.07, 6.45) is 0.526. The molecule has 4 aliphatic rings. The van der Waals surface area contributed by atoms with Gasteiger partial charge in [0.25, 0.3) is 0 Å². The number of nitrogens with zero attached hydrogens (tertiary/aromatic N) is 3. The minimum Gasteiger partial charge on any atom is -0.479 e. The molecule has 0 radical (unpaired) electrons. The zero-order chi connectivity index (χ0) is 24.3. The van der Waals surface area contributed by atoms with Gasteiger partial charge in [-0.2, -0.15) is 5.26 Å². The van der Waals surface area contributed by atoms with Crippen molar-refractivity contribution in [2.75, 3.05) is 11.5 Å². The van der Waals surface area contributed by atoms with Crippen molar-refractivity contribution in [1.82, 2.24) is 0 Å². The van der Waals surface area contributed by atoms with Crippen molar-refractivity contribution in [1.29, 1.82) is 5.26 Å². The second-order valence-corrected chi connectivity index (χ2v) is 9.26. The van der Waals surface area contributed by atoms with Crippen molar-refractivity contribution < 1.29 is 28.7 Å². The lowest BCUT2D eigenvalue weighted by molar-refractivity contribution is -0.132. The summed E-state index contributed by atoms with van der Waals surface area (Å²) in [6, 6.07) is 15.6. The van der Waals surface area contributed by atoms with Gasteiger partial charge in [-0.3, -0.25) is 19.3 Å². The minimum absolute atomic E-state index is 0.0277. The molecule has 6 atom stereocenters. The molecule has 0 spiro atoms. The van der Waals surface area contributed by atoms with Gasteiger partial charge in [-0.05, 0) is 60.9 Å². The standard InChI is InChI=1S/C26H21N3O6/c1-13(30)34-17-8-4-15(5-9-17)29-25(31)20-18-12-19(21(20)26(29)32)24-22(18)23(28-35-24)14-2-6-16(7-3-14)33-11-10-27/h2-9,18-22,24H,11-12H2,1H3/t18-,19-,20+,21-,22-,24+/m0/s1. The molecule has 2 amide bonds. The fourth-order valence-corrected chi connectivity index (χ4v) is 6.29. The second-order valence-electron chi connectivity index (χ2n) is 9.26. The van der Waals surface area contributed by atoms with E-state index in [1.807, 2.05) is 18.2 Å². The number of oxime groups is 1. The predicted molar refractivity (Wildman–Crippen MR) is 121 cm³/mol. The first-order valence-electron chi connectivity index (χ1n) is 11.5. The third-order valence-electron chi connectivity index (χ3n) is 7.50. The maximum Gasteiger partial charge on any atom is 0.308 e. The van der Waals surface area contributed by atoms with Gasteiger partial charge >= 0.3 is 5.97 Å². The number of hydrogen-bond donors (Lipinski definition) is 0. The van der Waals surface area contributed by atoms with E-state index in [-0.39, 0.29) is 42.3 Å². The number of anilines is 1. The molecule has 2 saturated carbocycles. The number of carbonyl (C=O) groups is 3. The van der Waals surface area contributed by atoms with E-state index in [2.05, 4.69) is 5.16 Å². The Labute approximate surface area is 200 Å². The van der Waals surface area contributed by atoms with Crippen LogP contribution in [0.3, 0.4) is 0 Å². The van der Waals surface area contributed by atoms with E-state index in [1.54, 1.807) is 36.4 Å². The van der Waals surface area contributed by atoms with Gasteiger partial charge in [0.1, 0.15) is 23.7 Å². The number of rotatable bonds is 5. The lowest BCUT2D eigenvalue weighted by Gasteiger charge is -2.29. The Kier molecular flexibility index (Phi) is 4.85. The summed E-state index contributed by atoms with van der Waals surface area (Å²) in [5.74, 6) is -0.894. The Hall–Kier alpha value is -4.19. The summed E-state index contributed by atoms with van der Waals surface area (Å²) in [5, 5.41) is 13.0. The fourth-order valence-electron chi connectivity index (χ4n) is 6.29. The zero-order valence-electron chi connectivity index (χ0n) is 18.8. The molecule has 2 heterocycles. The molecule has 0 aromatic heterocycles. The maximum absolute atomic E-state index is 13.5. The molecule has 35 heavy (non-hydrogen) atoms. The molecule has 6 rings (SSSR count). The normalized spacial score (nSPS) is 29.8. The Morgan fingerprint density at radius 2 is 1.69 bits per heavy atom. The van der Waals surface area contributed by atoms with Crippen LogP contribution in [0.5, 0.6) is 11.5 Å². The van der Waals surface area contributed by atoms with Gasteiger partial charge in [-0.15, -0.1) is 0 Å². The molecule has 2 aromatic rings. The highest BCUT2D eigenvalue weighted by molar-refractivity contribution is 6.23. The number of amides is 2. The molecule has 2 aliphatic carbocycles. The van der Waals surface area contributed by atoms with Crippen LogP contribution in [-0.4, -0.2) is 36.2 Å². The van der Waals surface area contributed by atoms with Crippen molar-refractivity contribution in [2.24, 2.45) is 34.7 Å². The first-order valence-corrected chi connectivity index (χ1v) is 11.5. The van der Waals surface area contributed by atoms with Crippen LogP contribution in [-0.2, 0) is 19.2 Å². The lowest BCUT2D eigenvalue weighted by Crippen LogP contribution is -2.41. The van der Waals surface area contributed by atoms with Crippen LogP contribution in [0.1, 0.15) is 18.9 Å². The SMILES string of the molecule is CC(=O)Oc1ccc(N2C(=O)[C@@H]3[C@@H]4C[C@H]([C@H]5ON=C(c6ccc(OCC#N)cc6)[C@H]45)[C@@H]3C2=O)cc1. The minimum atomic E-state index is -0.439. The van der Waals surface area contributed by atoms with Crippen molar-refractivity contribution in [2.45, 2.75) is 19.4 Å². The monoisotopic (exact) mass is 471 g/mol. The highest BCUT2D eigenvalue weighted by Crippen LogP contribution is 2.62. The first kappa shape index (κ1) is 21.4. The van der Waals surface area contributed by atoms with Gasteiger partial charge in [0, 0.05) is 24.3 Å². The Morgan fingerprint density at radius 3 is 2.34 bits per heavy atom. The van der Waals surface area contributed by atoms with E-state index >= 15 is 0 Å². The van der Waals surface area contributed by atoms with Crippen LogP contribution >= 0.6 is 0 Å². The number of hydrogen-bond acceptors (Lipinski definition) is 8. The zero-order valence-corrected chi connectivity index (χ0v) is 18.8. The molecule has 1 saturated heterocycles. The predicted octanol–water partition coefficient (Wildman–Crippen LogP) is 2.69. The summed E-state index contributed by atoms with van der Waals surface area (Å²) in [5.41, 5.74) is 2.13. The molecule has 2 aromatic carbocycles. The maximum atomic E-state index is 13.5. The summed E-state index contributed by atoms with van der Waals surface area (Å²) < 4.78 is 10.4. The van der Waals surface area contributed by atoms with Crippen molar-refractivity contribution in [3.8, 4) is 17.6 Å². The highest BCUT2D eigenvalue weighted by Gasteiger charge is 2.70. The molecule has 0 unspecified atom stereocenters. The topological polar surface area (TPSA) is 118 Å². The smallest absolute Gasteiger partial charge is 0.308 e. The van der Waals surface area contributed by atoms with Crippen LogP contribution in [0.2, 0.25) is 0 Å². The lowest BCUT2D eigenvalue weighted by atomic mass is 9.71. The molecule has 3 fully saturated rings. The van der Waals surface area contributed by atoms with E-state index < -0.39 is 17.8 Å².